The van der Waals surface area contributed by atoms with E-state index >= 15 is 0 Å². The SMILES string of the molecule is CC(C)=C[C@H](O)C[C@@H](C)[C@H]1CC[C@@]2(C)[C@@H]3CCC4C(C)(C)[C@@H](OS(=O)(=O)[O-])CC[C@@]45C[C@@]35CC[C@]12C. The minimum Gasteiger partial charge on any atom is -0.726 e. The first kappa shape index (κ1) is 27.1. The Morgan fingerprint density at radius 3 is 2.25 bits per heavy atom. The Morgan fingerprint density at radius 1 is 0.972 bits per heavy atom. The van der Waals surface area contributed by atoms with Crippen LogP contribution in [-0.4, -0.2) is 30.3 Å². The Kier molecular flexibility index (Phi) is 6.25. The number of hydrogen-bond acceptors (Lipinski definition) is 5. The first-order chi connectivity index (χ1) is 16.5. The van der Waals surface area contributed by atoms with Gasteiger partial charge in [-0.1, -0.05) is 46.3 Å². The van der Waals surface area contributed by atoms with Gasteiger partial charge in [-0.05, 0) is 129 Å². The van der Waals surface area contributed by atoms with Crippen molar-refractivity contribution in [2.75, 3.05) is 0 Å². The zero-order valence-corrected chi connectivity index (χ0v) is 24.4. The lowest BCUT2D eigenvalue weighted by Crippen LogP contribution is -2.58. The van der Waals surface area contributed by atoms with Gasteiger partial charge in [0.1, 0.15) is 0 Å². The van der Waals surface area contributed by atoms with Crippen molar-refractivity contribution in [3.05, 3.63) is 11.6 Å². The average Bonchev–Trinajstić information content (AvgIpc) is 3.31. The first-order valence-electron chi connectivity index (χ1n) is 14.5. The number of fused-ring (bicyclic) bond motifs is 2. The molecule has 2 spiro atoms. The molecule has 0 heterocycles. The van der Waals surface area contributed by atoms with Gasteiger partial charge in [0, 0.05) is 0 Å². The molecule has 0 radical (unpaired) electrons. The summed E-state index contributed by atoms with van der Waals surface area (Å²) in [5.74, 6) is 2.29. The predicted octanol–water partition coefficient (Wildman–Crippen LogP) is 6.62. The Bertz CT molecular complexity index is 1030. The largest absolute Gasteiger partial charge is 0.726 e. The van der Waals surface area contributed by atoms with Crippen LogP contribution in [-0.2, 0) is 14.6 Å². The second kappa shape index (κ2) is 8.29. The fourth-order valence-electron chi connectivity index (χ4n) is 11.6. The van der Waals surface area contributed by atoms with Crippen molar-refractivity contribution in [3.63, 3.8) is 0 Å². The third-order valence-electron chi connectivity index (χ3n) is 13.2. The van der Waals surface area contributed by atoms with Gasteiger partial charge in [-0.3, -0.25) is 4.18 Å². The molecule has 0 aromatic rings. The lowest BCUT2D eigenvalue weighted by Gasteiger charge is -2.63. The number of allylic oxidation sites excluding steroid dienone is 1. The highest BCUT2D eigenvalue weighted by Gasteiger charge is 2.82. The molecule has 5 aliphatic carbocycles. The van der Waals surface area contributed by atoms with Crippen molar-refractivity contribution in [2.24, 2.45) is 50.7 Å². The smallest absolute Gasteiger partial charge is 0.217 e. The topological polar surface area (TPSA) is 86.7 Å². The summed E-state index contributed by atoms with van der Waals surface area (Å²) in [7, 11) is -4.69. The Balaban J connectivity index is 1.39. The van der Waals surface area contributed by atoms with Crippen molar-refractivity contribution in [2.45, 2.75) is 125 Å². The standard InChI is InChI=1S/C30H50O5S/c1-19(2)16-21(31)17-20(3)22-10-12-28(7)24-9-8-23-26(4,5)25(35-36(32,33)34)11-13-29(23)18-30(24,29)15-14-27(22,28)6/h16,20-25,31H,8-15,17-18H2,1-7H3,(H,32,33,34)/p-1/t20-,21+,22-,23?,24+,25+,27-,28+,29-,30+/m1/s1. The molecule has 0 aromatic carbocycles. The van der Waals surface area contributed by atoms with Crippen LogP contribution in [0.15, 0.2) is 11.6 Å². The number of hydrogen-bond donors (Lipinski definition) is 1. The lowest BCUT2D eigenvalue weighted by molar-refractivity contribution is -0.158. The summed E-state index contributed by atoms with van der Waals surface area (Å²) in [5, 5.41) is 10.7. The van der Waals surface area contributed by atoms with Crippen LogP contribution in [0.4, 0.5) is 0 Å². The Labute approximate surface area is 219 Å². The van der Waals surface area contributed by atoms with Gasteiger partial charge in [0.2, 0.25) is 10.4 Å². The predicted molar refractivity (Wildman–Crippen MR) is 141 cm³/mol. The van der Waals surface area contributed by atoms with Crippen LogP contribution in [0.3, 0.4) is 0 Å². The minimum atomic E-state index is -4.69. The first-order valence-corrected chi connectivity index (χ1v) is 15.8. The van der Waals surface area contributed by atoms with E-state index in [1.165, 1.54) is 44.1 Å². The fraction of sp³-hybridized carbons (Fsp3) is 0.933. The van der Waals surface area contributed by atoms with E-state index in [2.05, 4.69) is 48.5 Å². The lowest BCUT2D eigenvalue weighted by atomic mass is 9.41. The quantitative estimate of drug-likeness (QED) is 0.241. The van der Waals surface area contributed by atoms with Gasteiger partial charge in [-0.15, -0.1) is 0 Å². The molecule has 36 heavy (non-hydrogen) atoms. The molecule has 5 aliphatic rings. The van der Waals surface area contributed by atoms with E-state index in [9.17, 15) is 18.1 Å². The molecule has 0 amide bonds. The molecule has 10 atom stereocenters. The summed E-state index contributed by atoms with van der Waals surface area (Å²) < 4.78 is 39.6. The average molecular weight is 522 g/mol. The van der Waals surface area contributed by atoms with E-state index < -0.39 is 16.5 Å². The minimum absolute atomic E-state index is 0.291. The van der Waals surface area contributed by atoms with Crippen LogP contribution in [0, 0.1) is 50.7 Å². The summed E-state index contributed by atoms with van der Waals surface area (Å²) in [6.45, 7) is 16.0. The van der Waals surface area contributed by atoms with E-state index in [0.29, 0.717) is 45.8 Å². The van der Waals surface area contributed by atoms with Crippen LogP contribution >= 0.6 is 0 Å². The monoisotopic (exact) mass is 521 g/mol. The molecule has 5 nitrogen and oxygen atoms in total. The van der Waals surface area contributed by atoms with Crippen molar-refractivity contribution in [3.8, 4) is 0 Å². The maximum absolute atomic E-state index is 11.5. The molecular formula is C30H49O5S-. The molecule has 0 bridgehead atoms. The third-order valence-corrected chi connectivity index (χ3v) is 13.6. The molecule has 0 aliphatic heterocycles. The second-order valence-corrected chi connectivity index (χ2v) is 16.0. The molecule has 5 fully saturated rings. The van der Waals surface area contributed by atoms with Crippen LogP contribution in [0.2, 0.25) is 0 Å². The van der Waals surface area contributed by atoms with E-state index in [-0.39, 0.29) is 11.5 Å². The summed E-state index contributed by atoms with van der Waals surface area (Å²) >= 11 is 0. The normalized spacial score (nSPS) is 48.6. The van der Waals surface area contributed by atoms with E-state index in [4.69, 9.17) is 4.18 Å². The van der Waals surface area contributed by atoms with E-state index in [0.717, 1.165) is 25.2 Å². The van der Waals surface area contributed by atoms with Gasteiger partial charge in [0.05, 0.1) is 12.2 Å². The Hall–Kier alpha value is -0.430. The zero-order chi connectivity index (χ0) is 26.5. The van der Waals surface area contributed by atoms with Crippen LogP contribution < -0.4 is 0 Å². The van der Waals surface area contributed by atoms with E-state index in [1.807, 2.05) is 6.08 Å². The zero-order valence-electron chi connectivity index (χ0n) is 23.6. The second-order valence-electron chi connectivity index (χ2n) is 15.0. The third kappa shape index (κ3) is 3.67. The van der Waals surface area contributed by atoms with Gasteiger partial charge in [-0.2, -0.15) is 0 Å². The van der Waals surface area contributed by atoms with Gasteiger partial charge in [-0.25, -0.2) is 8.42 Å². The van der Waals surface area contributed by atoms with Gasteiger partial charge in [0.15, 0.2) is 0 Å². The summed E-state index contributed by atoms with van der Waals surface area (Å²) in [6, 6.07) is 0. The molecule has 206 valence electrons. The van der Waals surface area contributed by atoms with Crippen molar-refractivity contribution in [1.29, 1.82) is 0 Å². The highest BCUT2D eigenvalue weighted by Crippen LogP contribution is 2.89. The summed E-state index contributed by atoms with van der Waals surface area (Å²) in [6.07, 6.45) is 12.4. The van der Waals surface area contributed by atoms with Crippen LogP contribution in [0.25, 0.3) is 0 Å². The molecule has 1 unspecified atom stereocenters. The summed E-state index contributed by atoms with van der Waals surface area (Å²) in [5.41, 5.74) is 2.16. The molecule has 5 saturated carbocycles. The van der Waals surface area contributed by atoms with Crippen molar-refractivity contribution < 1.29 is 22.3 Å². The van der Waals surface area contributed by atoms with Crippen LogP contribution in [0.5, 0.6) is 0 Å². The molecule has 1 N–H and O–H groups in total. The van der Waals surface area contributed by atoms with Crippen LogP contribution in [0.1, 0.15) is 113 Å². The van der Waals surface area contributed by atoms with Crippen molar-refractivity contribution >= 4 is 10.4 Å². The fourth-order valence-corrected chi connectivity index (χ4v) is 12.2. The molecule has 6 heteroatoms. The molecule has 0 saturated heterocycles. The molecule has 5 rings (SSSR count). The number of aliphatic hydroxyl groups is 1. The number of aliphatic hydroxyl groups excluding tert-OH is 1. The van der Waals surface area contributed by atoms with Gasteiger partial charge >= 0.3 is 0 Å². The molecule has 0 aromatic heterocycles. The van der Waals surface area contributed by atoms with Crippen molar-refractivity contribution in [1.82, 2.24) is 0 Å². The Morgan fingerprint density at radius 2 is 1.61 bits per heavy atom. The highest BCUT2D eigenvalue weighted by molar-refractivity contribution is 7.80. The maximum atomic E-state index is 11.5. The van der Waals surface area contributed by atoms with Gasteiger partial charge < -0.3 is 9.66 Å². The van der Waals surface area contributed by atoms with Gasteiger partial charge in [0.25, 0.3) is 0 Å². The van der Waals surface area contributed by atoms with E-state index in [1.54, 1.807) is 0 Å². The summed E-state index contributed by atoms with van der Waals surface area (Å²) in [4.78, 5) is 0. The number of rotatable bonds is 6. The molecular weight excluding hydrogens is 472 g/mol. The highest BCUT2D eigenvalue weighted by atomic mass is 32.3. The maximum Gasteiger partial charge on any atom is 0.217 e.